The van der Waals surface area contributed by atoms with Gasteiger partial charge in [-0.05, 0) is 18.4 Å². The molecule has 5 nitrogen and oxygen atoms in total. The number of allylic oxidation sites excluding steroid dienone is 2. The molecular weight excluding hydrogens is 326 g/mol. The molecule has 0 radical (unpaired) electrons. The van der Waals surface area contributed by atoms with Crippen molar-refractivity contribution in [3.8, 4) is 0 Å². The highest BCUT2D eigenvalue weighted by Gasteiger charge is 2.59. The number of alkyl halides is 1. The molecule has 2 aliphatic heterocycles. The van der Waals surface area contributed by atoms with E-state index in [4.69, 9.17) is 11.6 Å². The molecule has 0 aromatic heterocycles. The van der Waals surface area contributed by atoms with E-state index in [1.165, 1.54) is 0 Å². The van der Waals surface area contributed by atoms with Gasteiger partial charge in [0.1, 0.15) is 10.9 Å². The van der Waals surface area contributed by atoms with Crippen LogP contribution in [0.3, 0.4) is 0 Å². The summed E-state index contributed by atoms with van der Waals surface area (Å²) in [5.74, 6) is -1.61. The van der Waals surface area contributed by atoms with Crippen molar-refractivity contribution in [2.24, 2.45) is 22.0 Å². The van der Waals surface area contributed by atoms with Crippen molar-refractivity contribution in [1.29, 1.82) is 0 Å². The zero-order chi connectivity index (χ0) is 16.9. The van der Waals surface area contributed by atoms with Crippen LogP contribution in [0.1, 0.15) is 18.4 Å². The van der Waals surface area contributed by atoms with Gasteiger partial charge in [0.25, 0.3) is 0 Å². The lowest BCUT2D eigenvalue weighted by Crippen LogP contribution is -2.45. The summed E-state index contributed by atoms with van der Waals surface area (Å²) in [4.78, 5) is 13.1. The Kier molecular flexibility index (Phi) is 3.49. The van der Waals surface area contributed by atoms with E-state index in [0.717, 1.165) is 35.4 Å². The van der Waals surface area contributed by atoms with Crippen LogP contribution in [0.4, 0.5) is 0 Å². The molecule has 6 heteroatoms. The van der Waals surface area contributed by atoms with Crippen molar-refractivity contribution in [3.63, 3.8) is 0 Å². The molecule has 2 heterocycles. The van der Waals surface area contributed by atoms with Crippen LogP contribution in [-0.2, 0) is 11.2 Å². The van der Waals surface area contributed by atoms with Gasteiger partial charge in [-0.1, -0.05) is 41.9 Å². The van der Waals surface area contributed by atoms with Gasteiger partial charge in [0, 0.05) is 30.7 Å². The Morgan fingerprint density at radius 3 is 2.88 bits per heavy atom. The molecule has 124 valence electrons. The molecule has 0 saturated carbocycles. The maximum absolute atomic E-state index is 12.1. The Balaban J connectivity index is 1.82. The van der Waals surface area contributed by atoms with Gasteiger partial charge in [-0.3, -0.25) is 4.79 Å². The fourth-order valence-corrected chi connectivity index (χ4v) is 4.75. The second-order valence-electron chi connectivity index (χ2n) is 6.59. The Bertz CT molecular complexity index is 787. The van der Waals surface area contributed by atoms with E-state index in [0.29, 0.717) is 6.42 Å². The smallest absolute Gasteiger partial charge is 0.310 e. The quantitative estimate of drug-likeness (QED) is 0.678. The molecule has 1 aliphatic carbocycles. The van der Waals surface area contributed by atoms with Gasteiger partial charge in [-0.15, -0.1) is 0 Å². The summed E-state index contributed by atoms with van der Waals surface area (Å²) < 4.78 is 0. The third kappa shape index (κ3) is 2.11. The summed E-state index contributed by atoms with van der Waals surface area (Å²) in [7, 11) is 1.89. The van der Waals surface area contributed by atoms with Gasteiger partial charge in [-0.25, -0.2) is 0 Å². The van der Waals surface area contributed by atoms with Crippen molar-refractivity contribution in [3.05, 3.63) is 47.2 Å². The molecule has 4 rings (SSSR count). The van der Waals surface area contributed by atoms with E-state index >= 15 is 0 Å². The zero-order valence-corrected chi connectivity index (χ0v) is 14.1. The average molecular weight is 344 g/mol. The lowest BCUT2D eigenvalue weighted by atomic mass is 9.78. The predicted molar refractivity (Wildman–Crippen MR) is 93.3 cm³/mol. The van der Waals surface area contributed by atoms with Crippen LogP contribution in [0.5, 0.6) is 0 Å². The SMILES string of the molecule is CN1C2=C3C=NN=C3CCC2C(C(=O)O)C1(Cl)Cc1ccccc1. The number of halogens is 1. The number of carbonyl (C=O) groups is 1. The molecule has 1 aromatic rings. The molecule has 3 aliphatic rings. The van der Waals surface area contributed by atoms with Crippen molar-refractivity contribution in [1.82, 2.24) is 4.90 Å². The van der Waals surface area contributed by atoms with Gasteiger partial charge in [0.15, 0.2) is 0 Å². The molecule has 1 saturated heterocycles. The molecule has 0 spiro atoms. The minimum Gasteiger partial charge on any atom is -0.481 e. The van der Waals surface area contributed by atoms with E-state index in [-0.39, 0.29) is 5.92 Å². The number of benzene rings is 1. The van der Waals surface area contributed by atoms with Crippen LogP contribution in [-0.4, -0.2) is 39.9 Å². The van der Waals surface area contributed by atoms with Gasteiger partial charge in [0.05, 0.1) is 11.9 Å². The van der Waals surface area contributed by atoms with Gasteiger partial charge in [0.2, 0.25) is 0 Å². The number of likely N-dealkylation sites (tertiary alicyclic amines) is 1. The summed E-state index contributed by atoms with van der Waals surface area (Å²) in [5, 5.41) is 18.1. The first kappa shape index (κ1) is 15.4. The van der Waals surface area contributed by atoms with Crippen molar-refractivity contribution in [2.45, 2.75) is 24.3 Å². The van der Waals surface area contributed by atoms with E-state index in [2.05, 4.69) is 10.2 Å². The standard InChI is InChI=1S/C18H18ClN3O2/c1-22-16-12(7-8-14-13(16)10-20-21-14)15(17(23)24)18(22,19)9-11-5-3-2-4-6-11/h2-6,10,12,15H,7-9H2,1H3,(H,23,24). The van der Waals surface area contributed by atoms with Crippen LogP contribution in [0.2, 0.25) is 0 Å². The highest BCUT2D eigenvalue weighted by atomic mass is 35.5. The Morgan fingerprint density at radius 1 is 1.42 bits per heavy atom. The maximum atomic E-state index is 12.1. The summed E-state index contributed by atoms with van der Waals surface area (Å²) in [6.45, 7) is 0. The molecule has 1 fully saturated rings. The number of hydrogen-bond acceptors (Lipinski definition) is 4. The summed E-state index contributed by atoms with van der Waals surface area (Å²) >= 11 is 7.01. The van der Waals surface area contributed by atoms with Crippen molar-refractivity contribution >= 4 is 29.5 Å². The first-order valence-electron chi connectivity index (χ1n) is 8.06. The predicted octanol–water partition coefficient (Wildman–Crippen LogP) is 2.91. The average Bonchev–Trinajstić information content (AvgIpc) is 3.10. The first-order chi connectivity index (χ1) is 11.5. The zero-order valence-electron chi connectivity index (χ0n) is 13.3. The number of likely N-dealkylation sites (N-methyl/N-ethyl adjacent to an activating group) is 1. The molecular formula is C18H18ClN3O2. The number of rotatable bonds is 3. The molecule has 0 bridgehead atoms. The molecule has 1 aromatic carbocycles. The summed E-state index contributed by atoms with van der Waals surface area (Å²) in [6, 6.07) is 9.81. The largest absolute Gasteiger partial charge is 0.481 e. The summed E-state index contributed by atoms with van der Waals surface area (Å²) in [5.41, 5.74) is 3.90. The number of aliphatic carboxylic acids is 1. The van der Waals surface area contributed by atoms with E-state index < -0.39 is 16.9 Å². The lowest BCUT2D eigenvalue weighted by Gasteiger charge is -2.35. The normalized spacial score (nSPS) is 31.1. The highest BCUT2D eigenvalue weighted by Crippen LogP contribution is 2.53. The van der Waals surface area contributed by atoms with E-state index in [1.54, 1.807) is 6.21 Å². The number of carboxylic acid groups (broad SMARTS) is 1. The van der Waals surface area contributed by atoms with Crippen LogP contribution >= 0.6 is 11.6 Å². The fourth-order valence-electron chi connectivity index (χ4n) is 4.26. The summed E-state index contributed by atoms with van der Waals surface area (Å²) in [6.07, 6.45) is 3.70. The second-order valence-corrected chi connectivity index (χ2v) is 7.25. The van der Waals surface area contributed by atoms with Crippen LogP contribution in [0.15, 0.2) is 51.8 Å². The third-order valence-corrected chi connectivity index (χ3v) is 5.98. The van der Waals surface area contributed by atoms with Crippen LogP contribution in [0, 0.1) is 11.8 Å². The fraction of sp³-hybridized carbons (Fsp3) is 0.389. The molecule has 3 atom stereocenters. The number of hydrogen-bond donors (Lipinski definition) is 1. The first-order valence-corrected chi connectivity index (χ1v) is 8.44. The number of fused-ring (bicyclic) bond motifs is 2. The lowest BCUT2D eigenvalue weighted by molar-refractivity contribution is -0.144. The Hall–Kier alpha value is -2.14. The van der Waals surface area contributed by atoms with Gasteiger partial charge in [-0.2, -0.15) is 10.2 Å². The van der Waals surface area contributed by atoms with Crippen LogP contribution in [0.25, 0.3) is 0 Å². The monoisotopic (exact) mass is 343 g/mol. The Morgan fingerprint density at radius 2 is 2.17 bits per heavy atom. The maximum Gasteiger partial charge on any atom is 0.310 e. The topological polar surface area (TPSA) is 65.3 Å². The highest BCUT2D eigenvalue weighted by molar-refractivity contribution is 6.26. The van der Waals surface area contributed by atoms with Gasteiger partial charge >= 0.3 is 5.97 Å². The minimum absolute atomic E-state index is 0.104. The number of carboxylic acids is 1. The van der Waals surface area contributed by atoms with Gasteiger partial charge < -0.3 is 10.0 Å². The van der Waals surface area contributed by atoms with E-state index in [9.17, 15) is 9.90 Å². The van der Waals surface area contributed by atoms with Crippen molar-refractivity contribution < 1.29 is 9.90 Å². The van der Waals surface area contributed by atoms with E-state index in [1.807, 2.05) is 42.3 Å². The third-order valence-electron chi connectivity index (χ3n) is 5.35. The minimum atomic E-state index is -0.994. The second kappa shape index (κ2) is 5.45. The molecule has 0 amide bonds. The van der Waals surface area contributed by atoms with Crippen molar-refractivity contribution in [2.75, 3.05) is 7.05 Å². The van der Waals surface area contributed by atoms with Crippen LogP contribution < -0.4 is 0 Å². The molecule has 3 unspecified atom stereocenters. The molecule has 1 N–H and O–H groups in total. The molecule has 24 heavy (non-hydrogen) atoms. The Labute approximate surface area is 145 Å². The number of nitrogens with zero attached hydrogens (tertiary/aromatic N) is 3.